The first-order chi connectivity index (χ1) is 9.63. The fourth-order valence-electron chi connectivity index (χ4n) is 2.06. The topological polar surface area (TPSA) is 50.9 Å². The molecule has 1 unspecified atom stereocenters. The number of nitrogens with two attached hydrogens (primary N) is 1. The lowest BCUT2D eigenvalue weighted by atomic mass is 10.0. The number of pyridine rings is 1. The number of hydrazine groups is 1. The zero-order valence-electron chi connectivity index (χ0n) is 11.2. The summed E-state index contributed by atoms with van der Waals surface area (Å²) >= 11 is 6.94. The molecule has 0 radical (unpaired) electrons. The molecule has 2 aromatic rings. The van der Waals surface area contributed by atoms with Gasteiger partial charge >= 0.3 is 0 Å². The average Bonchev–Trinajstić information content (AvgIpc) is 2.46. The minimum absolute atomic E-state index is 0.0232. The number of rotatable bonds is 5. The van der Waals surface area contributed by atoms with Crippen molar-refractivity contribution < 1.29 is 0 Å². The zero-order chi connectivity index (χ0) is 14.5. The predicted octanol–water partition coefficient (Wildman–Crippen LogP) is 3.92. The van der Waals surface area contributed by atoms with E-state index in [1.807, 2.05) is 6.07 Å². The first-order valence-corrected chi connectivity index (χ1v) is 8.07. The largest absolute Gasteiger partial charge is 0.271 e. The molecular weight excluding hydrogens is 382 g/mol. The van der Waals surface area contributed by atoms with E-state index in [0.29, 0.717) is 0 Å². The van der Waals surface area contributed by atoms with Crippen molar-refractivity contribution in [3.8, 4) is 0 Å². The van der Waals surface area contributed by atoms with Crippen molar-refractivity contribution in [3.05, 3.63) is 62.3 Å². The molecule has 1 heterocycles. The van der Waals surface area contributed by atoms with E-state index in [4.69, 9.17) is 5.84 Å². The monoisotopic (exact) mass is 397 g/mol. The van der Waals surface area contributed by atoms with E-state index in [2.05, 4.69) is 73.5 Å². The van der Waals surface area contributed by atoms with Crippen LogP contribution in [0, 0.1) is 0 Å². The molecule has 2 rings (SSSR count). The number of nitrogens with one attached hydrogen (secondary N) is 1. The van der Waals surface area contributed by atoms with Gasteiger partial charge in [0.25, 0.3) is 0 Å². The minimum atomic E-state index is -0.0232. The molecule has 20 heavy (non-hydrogen) atoms. The summed E-state index contributed by atoms with van der Waals surface area (Å²) in [5.41, 5.74) is 6.34. The summed E-state index contributed by atoms with van der Waals surface area (Å²) in [5.74, 6) is 5.69. The second kappa shape index (κ2) is 7.31. The van der Waals surface area contributed by atoms with Crippen LogP contribution in [0.2, 0.25) is 0 Å². The summed E-state index contributed by atoms with van der Waals surface area (Å²) < 4.78 is 1.89. The predicted molar refractivity (Wildman–Crippen MR) is 89.2 cm³/mol. The first kappa shape index (κ1) is 15.6. The van der Waals surface area contributed by atoms with Crippen molar-refractivity contribution >= 4 is 31.9 Å². The Morgan fingerprint density at radius 3 is 2.40 bits per heavy atom. The highest BCUT2D eigenvalue weighted by molar-refractivity contribution is 9.11. The van der Waals surface area contributed by atoms with Crippen LogP contribution in [0.4, 0.5) is 0 Å². The van der Waals surface area contributed by atoms with E-state index in [1.165, 1.54) is 11.1 Å². The third kappa shape index (κ3) is 3.88. The van der Waals surface area contributed by atoms with E-state index < -0.39 is 0 Å². The molecule has 1 aromatic carbocycles. The fourth-order valence-corrected chi connectivity index (χ4v) is 3.33. The van der Waals surface area contributed by atoms with Gasteiger partial charge in [0, 0.05) is 15.1 Å². The van der Waals surface area contributed by atoms with Gasteiger partial charge < -0.3 is 0 Å². The molecule has 0 aliphatic carbocycles. The van der Waals surface area contributed by atoms with Gasteiger partial charge in [-0.2, -0.15) is 0 Å². The summed E-state index contributed by atoms with van der Waals surface area (Å²) in [5, 5.41) is 0. The van der Waals surface area contributed by atoms with E-state index in [1.54, 1.807) is 6.20 Å². The highest BCUT2D eigenvalue weighted by Gasteiger charge is 2.15. The zero-order valence-corrected chi connectivity index (χ0v) is 14.4. The van der Waals surface area contributed by atoms with Gasteiger partial charge in [-0.25, -0.2) is 0 Å². The van der Waals surface area contributed by atoms with E-state index in [9.17, 15) is 0 Å². The van der Waals surface area contributed by atoms with E-state index >= 15 is 0 Å². The van der Waals surface area contributed by atoms with Gasteiger partial charge in [-0.15, -0.1) is 0 Å². The number of nitrogens with zero attached hydrogens (tertiary/aromatic N) is 1. The number of aryl methyl sites for hydroxylation is 1. The highest BCUT2D eigenvalue weighted by Crippen LogP contribution is 2.26. The fraction of sp³-hybridized carbons (Fsp3) is 0.267. The van der Waals surface area contributed by atoms with Crippen LogP contribution in [-0.2, 0) is 12.8 Å². The third-order valence-corrected chi connectivity index (χ3v) is 4.31. The Kier molecular flexibility index (Phi) is 5.72. The van der Waals surface area contributed by atoms with Crippen molar-refractivity contribution in [1.29, 1.82) is 0 Å². The highest BCUT2D eigenvalue weighted by atomic mass is 79.9. The van der Waals surface area contributed by atoms with Crippen molar-refractivity contribution in [1.82, 2.24) is 10.4 Å². The van der Waals surface area contributed by atoms with E-state index in [-0.39, 0.29) is 6.04 Å². The summed E-state index contributed by atoms with van der Waals surface area (Å²) in [7, 11) is 0. The Labute approximate surface area is 136 Å². The summed E-state index contributed by atoms with van der Waals surface area (Å²) in [4.78, 5) is 4.44. The average molecular weight is 399 g/mol. The van der Waals surface area contributed by atoms with Gasteiger partial charge in [-0.1, -0.05) is 31.2 Å². The number of halogens is 2. The molecule has 1 aromatic heterocycles. The quantitative estimate of drug-likeness (QED) is 0.592. The standard InChI is InChI=1S/C15H17Br2N3/c1-2-10-3-5-11(6-4-10)7-14(20-18)15-13(17)8-12(16)9-19-15/h3-6,8-9,14,20H,2,7,18H2,1H3. The maximum absolute atomic E-state index is 5.69. The molecule has 0 bridgehead atoms. The molecule has 3 N–H and O–H groups in total. The molecule has 1 atom stereocenters. The minimum Gasteiger partial charge on any atom is -0.271 e. The smallest absolute Gasteiger partial charge is 0.0732 e. The molecule has 0 spiro atoms. The van der Waals surface area contributed by atoms with Gasteiger partial charge in [0.05, 0.1) is 11.7 Å². The molecule has 3 nitrogen and oxygen atoms in total. The van der Waals surface area contributed by atoms with Crippen molar-refractivity contribution in [3.63, 3.8) is 0 Å². The Morgan fingerprint density at radius 2 is 1.85 bits per heavy atom. The van der Waals surface area contributed by atoms with Crippen LogP contribution < -0.4 is 11.3 Å². The van der Waals surface area contributed by atoms with Crippen LogP contribution in [0.15, 0.2) is 45.5 Å². The lowest BCUT2D eigenvalue weighted by Gasteiger charge is -2.17. The molecular formula is C15H17Br2N3. The maximum Gasteiger partial charge on any atom is 0.0732 e. The van der Waals surface area contributed by atoms with Crippen molar-refractivity contribution in [2.45, 2.75) is 25.8 Å². The molecule has 106 valence electrons. The molecule has 0 aliphatic rings. The van der Waals surface area contributed by atoms with Crippen LogP contribution in [0.1, 0.15) is 29.8 Å². The number of hydrogen-bond donors (Lipinski definition) is 2. The first-order valence-electron chi connectivity index (χ1n) is 6.49. The van der Waals surface area contributed by atoms with Gasteiger partial charge in [-0.05, 0) is 61.9 Å². The second-order valence-electron chi connectivity index (χ2n) is 4.61. The molecule has 0 saturated carbocycles. The SMILES string of the molecule is CCc1ccc(CC(NN)c2ncc(Br)cc2Br)cc1. The van der Waals surface area contributed by atoms with Gasteiger partial charge in [0.2, 0.25) is 0 Å². The van der Waals surface area contributed by atoms with Crippen LogP contribution in [0.3, 0.4) is 0 Å². The molecule has 0 amide bonds. The third-order valence-electron chi connectivity index (χ3n) is 3.24. The lowest BCUT2D eigenvalue weighted by molar-refractivity contribution is 0.536. The van der Waals surface area contributed by atoms with Crippen LogP contribution >= 0.6 is 31.9 Å². The molecule has 0 saturated heterocycles. The van der Waals surface area contributed by atoms with Gasteiger partial charge in [0.1, 0.15) is 0 Å². The maximum atomic E-state index is 5.69. The number of benzene rings is 1. The Bertz CT molecular complexity index is 570. The van der Waals surface area contributed by atoms with Crippen molar-refractivity contribution in [2.24, 2.45) is 5.84 Å². The second-order valence-corrected chi connectivity index (χ2v) is 6.38. The normalized spacial score (nSPS) is 12.4. The van der Waals surface area contributed by atoms with Gasteiger partial charge in [0.15, 0.2) is 0 Å². The number of aromatic nitrogens is 1. The summed E-state index contributed by atoms with van der Waals surface area (Å²) in [6.07, 6.45) is 3.64. The number of hydrogen-bond acceptors (Lipinski definition) is 3. The van der Waals surface area contributed by atoms with Crippen LogP contribution in [-0.4, -0.2) is 4.98 Å². The van der Waals surface area contributed by atoms with Crippen molar-refractivity contribution in [2.75, 3.05) is 0 Å². The van der Waals surface area contributed by atoms with E-state index in [0.717, 1.165) is 27.5 Å². The summed E-state index contributed by atoms with van der Waals surface area (Å²) in [6.45, 7) is 2.15. The molecule has 0 aliphatic heterocycles. The Hall–Kier alpha value is -0.750. The lowest BCUT2D eigenvalue weighted by Crippen LogP contribution is -2.30. The molecule has 0 fully saturated rings. The van der Waals surface area contributed by atoms with Gasteiger partial charge in [-0.3, -0.25) is 16.3 Å². The Balaban J connectivity index is 2.19. The van der Waals surface area contributed by atoms with Crippen LogP contribution in [0.25, 0.3) is 0 Å². The summed E-state index contributed by atoms with van der Waals surface area (Å²) in [6, 6.07) is 10.6. The van der Waals surface area contributed by atoms with Crippen LogP contribution in [0.5, 0.6) is 0 Å². The molecule has 5 heteroatoms. The Morgan fingerprint density at radius 1 is 1.20 bits per heavy atom.